The fraction of sp³-hybridized carbons (Fsp3) is 0.538. The molecule has 0 saturated carbocycles. The van der Waals surface area contributed by atoms with E-state index in [0.29, 0.717) is 5.69 Å². The quantitative estimate of drug-likeness (QED) is 0.814. The molecule has 0 atom stereocenters. The van der Waals surface area contributed by atoms with E-state index in [0.717, 1.165) is 38.1 Å². The minimum absolute atomic E-state index is 0.147. The lowest BCUT2D eigenvalue weighted by Crippen LogP contribution is -2.36. The van der Waals surface area contributed by atoms with Gasteiger partial charge in [0.25, 0.3) is 0 Å². The number of anilines is 2. The molecule has 0 aliphatic carbocycles. The number of hydrogen-bond acceptors (Lipinski definition) is 3. The molecule has 0 aromatic heterocycles. The van der Waals surface area contributed by atoms with Gasteiger partial charge < -0.3 is 16.0 Å². The summed E-state index contributed by atoms with van der Waals surface area (Å²) in [6.45, 7) is 1.97. The second-order valence-corrected chi connectivity index (χ2v) is 5.02. The van der Waals surface area contributed by atoms with Gasteiger partial charge in [-0.1, -0.05) is 0 Å². The van der Waals surface area contributed by atoms with Crippen molar-refractivity contribution >= 4 is 11.4 Å². The summed E-state index contributed by atoms with van der Waals surface area (Å²) in [5.74, 6) is 0. The van der Waals surface area contributed by atoms with Crippen molar-refractivity contribution in [2.24, 2.45) is 0 Å². The molecule has 19 heavy (non-hydrogen) atoms. The van der Waals surface area contributed by atoms with Gasteiger partial charge in [-0.3, -0.25) is 0 Å². The Bertz CT molecular complexity index is 437. The summed E-state index contributed by atoms with van der Waals surface area (Å²) in [6.07, 6.45) is -2.41. The van der Waals surface area contributed by atoms with Gasteiger partial charge in [0.2, 0.25) is 0 Å². The molecular formula is C13H18F3N3. The fourth-order valence-electron chi connectivity index (χ4n) is 2.24. The maximum Gasteiger partial charge on any atom is 0.416 e. The molecule has 1 saturated heterocycles. The average molecular weight is 273 g/mol. The molecule has 0 bridgehead atoms. The number of hydrogen-bond donors (Lipinski definition) is 2. The molecule has 2 rings (SSSR count). The van der Waals surface area contributed by atoms with Crippen molar-refractivity contribution in [3.63, 3.8) is 0 Å². The molecule has 1 aliphatic heterocycles. The Kier molecular flexibility index (Phi) is 3.89. The Morgan fingerprint density at radius 2 is 1.89 bits per heavy atom. The Labute approximate surface area is 110 Å². The van der Waals surface area contributed by atoms with E-state index in [1.165, 1.54) is 6.07 Å². The second-order valence-electron chi connectivity index (χ2n) is 5.02. The highest BCUT2D eigenvalue weighted by Gasteiger charge is 2.31. The number of rotatable bonds is 2. The molecule has 1 aromatic rings. The highest BCUT2D eigenvalue weighted by Crippen LogP contribution is 2.33. The highest BCUT2D eigenvalue weighted by molar-refractivity contribution is 5.67. The number of nitrogen functional groups attached to an aromatic ring is 1. The number of nitrogens with one attached hydrogen (secondary N) is 1. The van der Waals surface area contributed by atoms with Gasteiger partial charge in [0.05, 0.1) is 16.9 Å². The average Bonchev–Trinajstić information content (AvgIpc) is 2.33. The molecule has 6 heteroatoms. The third-order valence-electron chi connectivity index (χ3n) is 3.46. The highest BCUT2D eigenvalue weighted by atomic mass is 19.4. The normalized spacial score (nSPS) is 18.5. The van der Waals surface area contributed by atoms with Crippen LogP contribution in [0.5, 0.6) is 0 Å². The van der Waals surface area contributed by atoms with E-state index in [2.05, 4.69) is 17.3 Å². The van der Waals surface area contributed by atoms with Gasteiger partial charge in [0, 0.05) is 6.04 Å². The van der Waals surface area contributed by atoms with Gasteiger partial charge in [-0.15, -0.1) is 0 Å². The summed E-state index contributed by atoms with van der Waals surface area (Å²) < 4.78 is 37.6. The van der Waals surface area contributed by atoms with E-state index in [1.54, 1.807) is 0 Å². The molecule has 1 aliphatic rings. The number of benzene rings is 1. The van der Waals surface area contributed by atoms with Gasteiger partial charge in [-0.25, -0.2) is 0 Å². The largest absolute Gasteiger partial charge is 0.416 e. The third-order valence-corrected chi connectivity index (χ3v) is 3.46. The van der Waals surface area contributed by atoms with E-state index in [9.17, 15) is 13.2 Å². The molecular weight excluding hydrogens is 255 g/mol. The lowest BCUT2D eigenvalue weighted by Gasteiger charge is -2.30. The summed E-state index contributed by atoms with van der Waals surface area (Å²) in [6, 6.07) is 3.73. The van der Waals surface area contributed by atoms with Crippen LogP contribution in [-0.4, -0.2) is 31.1 Å². The molecule has 1 aromatic carbocycles. The van der Waals surface area contributed by atoms with Crippen molar-refractivity contribution in [3.05, 3.63) is 23.8 Å². The SMILES string of the molecule is CN1CCC(Nc2ccc(C(F)(F)F)cc2N)CC1. The lowest BCUT2D eigenvalue weighted by molar-refractivity contribution is -0.137. The molecule has 0 spiro atoms. The van der Waals surface area contributed by atoms with Gasteiger partial charge in [-0.2, -0.15) is 13.2 Å². The smallest absolute Gasteiger partial charge is 0.397 e. The maximum atomic E-state index is 12.5. The first-order valence-corrected chi connectivity index (χ1v) is 6.28. The van der Waals surface area contributed by atoms with Crippen LogP contribution >= 0.6 is 0 Å². The van der Waals surface area contributed by atoms with E-state index in [-0.39, 0.29) is 11.7 Å². The van der Waals surface area contributed by atoms with Crippen molar-refractivity contribution in [2.45, 2.75) is 25.1 Å². The Morgan fingerprint density at radius 3 is 2.42 bits per heavy atom. The molecule has 0 amide bonds. The van der Waals surface area contributed by atoms with Crippen LogP contribution in [-0.2, 0) is 6.18 Å². The monoisotopic (exact) mass is 273 g/mol. The van der Waals surface area contributed by atoms with Crippen molar-refractivity contribution < 1.29 is 13.2 Å². The number of likely N-dealkylation sites (tertiary alicyclic amines) is 1. The zero-order valence-corrected chi connectivity index (χ0v) is 10.8. The van der Waals surface area contributed by atoms with Crippen LogP contribution in [0.4, 0.5) is 24.5 Å². The van der Waals surface area contributed by atoms with Gasteiger partial charge in [0.1, 0.15) is 0 Å². The third kappa shape index (κ3) is 3.53. The number of nitrogens with two attached hydrogens (primary N) is 1. The fourth-order valence-corrected chi connectivity index (χ4v) is 2.24. The number of nitrogens with zero attached hydrogens (tertiary/aromatic N) is 1. The summed E-state index contributed by atoms with van der Waals surface area (Å²) in [5, 5.41) is 3.23. The minimum atomic E-state index is -4.35. The zero-order valence-electron chi connectivity index (χ0n) is 10.8. The van der Waals surface area contributed by atoms with Crippen LogP contribution < -0.4 is 11.1 Å². The van der Waals surface area contributed by atoms with Gasteiger partial charge in [0.15, 0.2) is 0 Å². The van der Waals surface area contributed by atoms with Crippen molar-refractivity contribution in [3.8, 4) is 0 Å². The van der Waals surface area contributed by atoms with E-state index < -0.39 is 11.7 Å². The van der Waals surface area contributed by atoms with Crippen LogP contribution in [0, 0.1) is 0 Å². The Balaban J connectivity index is 2.05. The van der Waals surface area contributed by atoms with Crippen LogP contribution in [0.2, 0.25) is 0 Å². The summed E-state index contributed by atoms with van der Waals surface area (Å²) in [7, 11) is 2.06. The predicted octanol–water partition coefficient (Wildman–Crippen LogP) is 2.79. The van der Waals surface area contributed by atoms with Crippen molar-refractivity contribution in [2.75, 3.05) is 31.2 Å². The van der Waals surface area contributed by atoms with E-state index in [1.807, 2.05) is 0 Å². The summed E-state index contributed by atoms with van der Waals surface area (Å²) >= 11 is 0. The van der Waals surface area contributed by atoms with Crippen LogP contribution in [0.1, 0.15) is 18.4 Å². The number of piperidine rings is 1. The van der Waals surface area contributed by atoms with Crippen LogP contribution in [0.3, 0.4) is 0 Å². The number of halogens is 3. The molecule has 1 fully saturated rings. The van der Waals surface area contributed by atoms with Crippen LogP contribution in [0.25, 0.3) is 0 Å². The first-order chi connectivity index (χ1) is 8.86. The topological polar surface area (TPSA) is 41.3 Å². The van der Waals surface area contributed by atoms with Crippen molar-refractivity contribution in [1.29, 1.82) is 0 Å². The Hall–Kier alpha value is -1.43. The molecule has 1 heterocycles. The minimum Gasteiger partial charge on any atom is -0.397 e. The van der Waals surface area contributed by atoms with Crippen molar-refractivity contribution in [1.82, 2.24) is 4.90 Å². The summed E-state index contributed by atoms with van der Waals surface area (Å²) in [4.78, 5) is 2.23. The standard InChI is InChI=1S/C13H18F3N3/c1-19-6-4-10(5-7-19)18-12-3-2-9(8-11(12)17)13(14,15)16/h2-3,8,10,18H,4-7,17H2,1H3. The summed E-state index contributed by atoms with van der Waals surface area (Å²) in [5.41, 5.74) is 5.71. The zero-order chi connectivity index (χ0) is 14.0. The molecule has 0 unspecified atom stereocenters. The van der Waals surface area contributed by atoms with Crippen LogP contribution in [0.15, 0.2) is 18.2 Å². The van der Waals surface area contributed by atoms with E-state index >= 15 is 0 Å². The van der Waals surface area contributed by atoms with Gasteiger partial charge in [-0.05, 0) is 51.2 Å². The maximum absolute atomic E-state index is 12.5. The van der Waals surface area contributed by atoms with Gasteiger partial charge >= 0.3 is 6.18 Å². The molecule has 106 valence electrons. The second kappa shape index (κ2) is 5.28. The first kappa shape index (κ1) is 14.0. The molecule has 3 nitrogen and oxygen atoms in total. The predicted molar refractivity (Wildman–Crippen MR) is 70.0 cm³/mol. The number of alkyl halides is 3. The first-order valence-electron chi connectivity index (χ1n) is 6.28. The Morgan fingerprint density at radius 1 is 1.26 bits per heavy atom. The molecule has 3 N–H and O–H groups in total. The molecule has 0 radical (unpaired) electrons. The lowest BCUT2D eigenvalue weighted by atomic mass is 10.0. The van der Waals surface area contributed by atoms with E-state index in [4.69, 9.17) is 5.73 Å².